The van der Waals surface area contributed by atoms with Crippen LogP contribution < -0.4 is 10.0 Å². The Hall–Kier alpha value is -1.61. The molecule has 0 aliphatic carbocycles. The first-order chi connectivity index (χ1) is 7.94. The molecule has 0 saturated heterocycles. The average molecular weight is 263 g/mol. The summed E-state index contributed by atoms with van der Waals surface area (Å²) in [4.78, 5) is 14.1. The van der Waals surface area contributed by atoms with Crippen molar-refractivity contribution in [2.45, 2.75) is 6.92 Å². The Kier molecular flexibility index (Phi) is 4.46. The number of oxazole rings is 1. The molecule has 1 heterocycles. The van der Waals surface area contributed by atoms with Crippen LogP contribution in [0.25, 0.3) is 0 Å². The lowest BCUT2D eigenvalue weighted by Gasteiger charge is -2.04. The fourth-order valence-electron chi connectivity index (χ4n) is 1.04. The van der Waals surface area contributed by atoms with Gasteiger partial charge in [0.15, 0.2) is 5.69 Å². The normalized spacial score (nSPS) is 11.4. The van der Waals surface area contributed by atoms with Gasteiger partial charge in [0.05, 0.1) is 5.75 Å². The van der Waals surface area contributed by atoms with Crippen molar-refractivity contribution in [3.05, 3.63) is 12.0 Å². The molecule has 0 aromatic carbocycles. The molecule has 0 amide bonds. The highest BCUT2D eigenvalue weighted by atomic mass is 32.2. The van der Waals surface area contributed by atoms with Gasteiger partial charge in [0.2, 0.25) is 10.0 Å². The first-order valence-corrected chi connectivity index (χ1v) is 6.50. The second kappa shape index (κ2) is 5.64. The predicted molar refractivity (Wildman–Crippen MR) is 59.4 cm³/mol. The van der Waals surface area contributed by atoms with E-state index in [-0.39, 0.29) is 24.0 Å². The van der Waals surface area contributed by atoms with Crippen LogP contribution in [0.3, 0.4) is 0 Å². The summed E-state index contributed by atoms with van der Waals surface area (Å²) in [7, 11) is -3.31. The van der Waals surface area contributed by atoms with E-state index in [4.69, 9.17) is 9.52 Å². The summed E-state index contributed by atoms with van der Waals surface area (Å²) in [5, 5.41) is 11.1. The number of rotatable bonds is 7. The van der Waals surface area contributed by atoms with E-state index in [0.29, 0.717) is 6.54 Å². The van der Waals surface area contributed by atoms with E-state index in [9.17, 15) is 13.2 Å². The highest BCUT2D eigenvalue weighted by Crippen LogP contribution is 2.06. The van der Waals surface area contributed by atoms with Gasteiger partial charge >= 0.3 is 5.97 Å². The number of carboxylic acids is 1. The SMILES string of the molecule is CCNS(=O)(=O)CCNc1nc(C(=O)O)co1. The molecule has 96 valence electrons. The minimum absolute atomic E-state index is 0.0194. The van der Waals surface area contributed by atoms with Crippen LogP contribution in [0, 0.1) is 0 Å². The summed E-state index contributed by atoms with van der Waals surface area (Å²) >= 11 is 0. The molecule has 0 bridgehead atoms. The molecule has 0 spiro atoms. The molecule has 1 aromatic heterocycles. The summed E-state index contributed by atoms with van der Waals surface area (Å²) < 4.78 is 29.6. The monoisotopic (exact) mass is 263 g/mol. The van der Waals surface area contributed by atoms with E-state index < -0.39 is 16.0 Å². The predicted octanol–water partition coefficient (Wildman–Crippen LogP) is -0.276. The van der Waals surface area contributed by atoms with Crippen molar-refractivity contribution < 1.29 is 22.7 Å². The number of sulfonamides is 1. The van der Waals surface area contributed by atoms with Crippen LogP contribution in [0.5, 0.6) is 0 Å². The molecule has 0 atom stereocenters. The number of hydrogen-bond donors (Lipinski definition) is 3. The molecule has 0 unspecified atom stereocenters. The molecule has 1 aromatic rings. The van der Waals surface area contributed by atoms with Gasteiger partial charge in [-0.15, -0.1) is 0 Å². The van der Waals surface area contributed by atoms with Crippen molar-refractivity contribution >= 4 is 22.0 Å². The molecule has 1 rings (SSSR count). The van der Waals surface area contributed by atoms with E-state index in [2.05, 4.69) is 15.0 Å². The Bertz CT molecular complexity index is 481. The van der Waals surface area contributed by atoms with E-state index in [1.807, 2.05) is 0 Å². The maximum atomic E-state index is 11.2. The van der Waals surface area contributed by atoms with E-state index >= 15 is 0 Å². The van der Waals surface area contributed by atoms with Gasteiger partial charge in [-0.1, -0.05) is 6.92 Å². The van der Waals surface area contributed by atoms with Crippen LogP contribution in [-0.4, -0.2) is 43.3 Å². The first-order valence-electron chi connectivity index (χ1n) is 4.84. The van der Waals surface area contributed by atoms with Gasteiger partial charge in [-0.3, -0.25) is 0 Å². The fourth-order valence-corrected chi connectivity index (χ4v) is 1.99. The van der Waals surface area contributed by atoms with Crippen LogP contribution in [0.2, 0.25) is 0 Å². The largest absolute Gasteiger partial charge is 0.476 e. The number of carbonyl (C=O) groups is 1. The van der Waals surface area contributed by atoms with Crippen molar-refractivity contribution in [2.75, 3.05) is 24.2 Å². The zero-order valence-electron chi connectivity index (χ0n) is 9.13. The minimum Gasteiger partial charge on any atom is -0.476 e. The molecule has 0 saturated carbocycles. The van der Waals surface area contributed by atoms with Gasteiger partial charge in [0.25, 0.3) is 6.01 Å². The van der Waals surface area contributed by atoms with Crippen LogP contribution in [0.1, 0.15) is 17.4 Å². The molecule has 0 aliphatic heterocycles. The lowest BCUT2D eigenvalue weighted by atomic mass is 10.5. The van der Waals surface area contributed by atoms with E-state index in [1.54, 1.807) is 6.92 Å². The van der Waals surface area contributed by atoms with Crippen molar-refractivity contribution in [3.8, 4) is 0 Å². The number of anilines is 1. The van der Waals surface area contributed by atoms with Crippen molar-refractivity contribution in [1.82, 2.24) is 9.71 Å². The lowest BCUT2D eigenvalue weighted by Crippen LogP contribution is -2.29. The quantitative estimate of drug-likeness (QED) is 0.618. The van der Waals surface area contributed by atoms with Gasteiger partial charge in [-0.25, -0.2) is 17.9 Å². The smallest absolute Gasteiger partial charge is 0.357 e. The number of nitrogens with one attached hydrogen (secondary N) is 2. The van der Waals surface area contributed by atoms with Gasteiger partial charge in [-0.05, 0) is 0 Å². The molecule has 0 aliphatic rings. The first kappa shape index (κ1) is 13.5. The zero-order valence-corrected chi connectivity index (χ0v) is 9.95. The Labute approximate surface area is 98.1 Å². The maximum Gasteiger partial charge on any atom is 0.357 e. The average Bonchev–Trinajstić information content (AvgIpc) is 2.66. The standard InChI is InChI=1S/C8H13N3O5S/c1-2-10-17(14,15)4-3-9-8-11-6(5-16-8)7(12)13/h5,10H,2-4H2,1H3,(H,9,11)(H,12,13). The summed E-state index contributed by atoms with van der Waals surface area (Å²) in [6.45, 7) is 2.08. The van der Waals surface area contributed by atoms with Crippen molar-refractivity contribution in [2.24, 2.45) is 0 Å². The molecule has 0 radical (unpaired) electrons. The topological polar surface area (TPSA) is 122 Å². The number of aromatic carboxylic acids is 1. The summed E-state index contributed by atoms with van der Waals surface area (Å²) in [5.74, 6) is -1.35. The third-order valence-corrected chi connectivity index (χ3v) is 3.20. The second-order valence-corrected chi connectivity index (χ2v) is 5.01. The lowest BCUT2D eigenvalue weighted by molar-refractivity contribution is 0.0690. The van der Waals surface area contributed by atoms with Crippen LogP contribution in [0.15, 0.2) is 10.7 Å². The van der Waals surface area contributed by atoms with Gasteiger partial charge in [-0.2, -0.15) is 4.98 Å². The summed E-state index contributed by atoms with van der Waals surface area (Å²) in [6, 6.07) is -0.0194. The molecular weight excluding hydrogens is 250 g/mol. The summed E-state index contributed by atoms with van der Waals surface area (Å²) in [5.41, 5.74) is -0.234. The third kappa shape index (κ3) is 4.41. The highest BCUT2D eigenvalue weighted by Gasteiger charge is 2.11. The number of nitrogens with zero attached hydrogens (tertiary/aromatic N) is 1. The van der Waals surface area contributed by atoms with Gasteiger partial charge in [0.1, 0.15) is 6.26 Å². The zero-order chi connectivity index (χ0) is 12.9. The number of carboxylic acid groups (broad SMARTS) is 1. The van der Waals surface area contributed by atoms with Crippen molar-refractivity contribution in [1.29, 1.82) is 0 Å². The molecule has 8 nitrogen and oxygen atoms in total. The van der Waals surface area contributed by atoms with Gasteiger partial charge in [0, 0.05) is 13.1 Å². The molecule has 9 heteroatoms. The Morgan fingerprint density at radius 3 is 2.82 bits per heavy atom. The Balaban J connectivity index is 2.43. The second-order valence-electron chi connectivity index (χ2n) is 3.09. The molecule has 17 heavy (non-hydrogen) atoms. The number of aromatic nitrogens is 1. The third-order valence-electron chi connectivity index (χ3n) is 1.73. The highest BCUT2D eigenvalue weighted by molar-refractivity contribution is 7.89. The maximum absolute atomic E-state index is 11.2. The Morgan fingerprint density at radius 1 is 1.59 bits per heavy atom. The molecular formula is C8H13N3O5S. The molecule has 0 fully saturated rings. The van der Waals surface area contributed by atoms with E-state index in [0.717, 1.165) is 6.26 Å². The van der Waals surface area contributed by atoms with Crippen LogP contribution in [-0.2, 0) is 10.0 Å². The van der Waals surface area contributed by atoms with Crippen LogP contribution >= 0.6 is 0 Å². The van der Waals surface area contributed by atoms with E-state index in [1.165, 1.54) is 0 Å². The summed E-state index contributed by atoms with van der Waals surface area (Å²) in [6.07, 6.45) is 0.976. The number of hydrogen-bond acceptors (Lipinski definition) is 6. The molecule has 3 N–H and O–H groups in total. The van der Waals surface area contributed by atoms with Crippen molar-refractivity contribution in [3.63, 3.8) is 0 Å². The Morgan fingerprint density at radius 2 is 2.29 bits per heavy atom. The van der Waals surface area contributed by atoms with Gasteiger partial charge < -0.3 is 14.8 Å². The van der Waals surface area contributed by atoms with Crippen LogP contribution in [0.4, 0.5) is 6.01 Å². The minimum atomic E-state index is -3.31. The fraction of sp³-hybridized carbons (Fsp3) is 0.500.